The second-order valence-corrected chi connectivity index (χ2v) is 7.61. The van der Waals surface area contributed by atoms with Crippen molar-refractivity contribution in [3.05, 3.63) is 63.0 Å². The van der Waals surface area contributed by atoms with Gasteiger partial charge in [0.2, 0.25) is 0 Å². The summed E-state index contributed by atoms with van der Waals surface area (Å²) in [5.74, 6) is 1.01. The SMILES string of the molecule is CCCN(Cc1nc2ccccc2n1CC)C(=O)c1ccc(C)c(I)c1. The Morgan fingerprint density at radius 2 is 1.96 bits per heavy atom. The second-order valence-electron chi connectivity index (χ2n) is 6.45. The summed E-state index contributed by atoms with van der Waals surface area (Å²) in [5, 5.41) is 0. The summed E-state index contributed by atoms with van der Waals surface area (Å²) in [4.78, 5) is 19.8. The van der Waals surface area contributed by atoms with E-state index in [-0.39, 0.29) is 5.91 Å². The minimum absolute atomic E-state index is 0.0690. The monoisotopic (exact) mass is 461 g/mol. The lowest BCUT2D eigenvalue weighted by atomic mass is 10.1. The van der Waals surface area contributed by atoms with Crippen LogP contribution in [0.15, 0.2) is 42.5 Å². The Morgan fingerprint density at radius 1 is 1.19 bits per heavy atom. The van der Waals surface area contributed by atoms with E-state index in [0.717, 1.165) is 45.5 Å². The smallest absolute Gasteiger partial charge is 0.254 e. The van der Waals surface area contributed by atoms with Gasteiger partial charge in [-0.2, -0.15) is 0 Å². The highest BCUT2D eigenvalue weighted by Gasteiger charge is 2.19. The van der Waals surface area contributed by atoms with Crippen LogP contribution >= 0.6 is 22.6 Å². The van der Waals surface area contributed by atoms with E-state index in [0.29, 0.717) is 6.54 Å². The largest absolute Gasteiger partial charge is 0.331 e. The number of carbonyl (C=O) groups is 1. The highest BCUT2D eigenvalue weighted by Crippen LogP contribution is 2.20. The first kappa shape index (κ1) is 18.9. The van der Waals surface area contributed by atoms with E-state index in [2.05, 4.69) is 54.0 Å². The molecule has 1 heterocycles. The summed E-state index contributed by atoms with van der Waals surface area (Å²) in [6, 6.07) is 14.1. The van der Waals surface area contributed by atoms with Crippen molar-refractivity contribution < 1.29 is 4.79 Å². The quantitative estimate of drug-likeness (QED) is 0.484. The number of amides is 1. The van der Waals surface area contributed by atoms with Gasteiger partial charge in [0.05, 0.1) is 17.6 Å². The second kappa shape index (κ2) is 8.20. The van der Waals surface area contributed by atoms with Gasteiger partial charge in [0.25, 0.3) is 5.91 Å². The molecule has 0 aliphatic rings. The molecule has 0 radical (unpaired) electrons. The fourth-order valence-electron chi connectivity index (χ4n) is 3.20. The number of rotatable bonds is 6. The molecular weight excluding hydrogens is 437 g/mol. The number of para-hydroxylation sites is 2. The summed E-state index contributed by atoms with van der Waals surface area (Å²) in [6.45, 7) is 8.36. The van der Waals surface area contributed by atoms with E-state index in [1.54, 1.807) is 0 Å². The van der Waals surface area contributed by atoms with Gasteiger partial charge >= 0.3 is 0 Å². The summed E-state index contributed by atoms with van der Waals surface area (Å²) >= 11 is 2.29. The molecule has 1 aromatic heterocycles. The van der Waals surface area contributed by atoms with Gasteiger partial charge in [-0.15, -0.1) is 0 Å². The molecule has 0 fully saturated rings. The third-order valence-electron chi connectivity index (χ3n) is 4.58. The topological polar surface area (TPSA) is 38.1 Å². The van der Waals surface area contributed by atoms with Gasteiger partial charge in [-0.25, -0.2) is 4.98 Å². The Kier molecular flexibility index (Phi) is 5.96. The first-order valence-electron chi connectivity index (χ1n) is 9.04. The number of aromatic nitrogens is 2. The maximum absolute atomic E-state index is 13.1. The molecule has 5 heteroatoms. The third kappa shape index (κ3) is 3.77. The summed E-state index contributed by atoms with van der Waals surface area (Å²) in [6.07, 6.45) is 0.918. The van der Waals surface area contributed by atoms with Crippen molar-refractivity contribution in [3.8, 4) is 0 Å². The average Bonchev–Trinajstić information content (AvgIpc) is 3.00. The van der Waals surface area contributed by atoms with Crippen LogP contribution in [-0.2, 0) is 13.1 Å². The van der Waals surface area contributed by atoms with Crippen LogP contribution in [0.25, 0.3) is 11.0 Å². The normalized spacial score (nSPS) is 11.1. The Labute approximate surface area is 168 Å². The van der Waals surface area contributed by atoms with Crippen LogP contribution < -0.4 is 0 Å². The van der Waals surface area contributed by atoms with Crippen molar-refractivity contribution in [1.29, 1.82) is 0 Å². The molecule has 2 aromatic carbocycles. The van der Waals surface area contributed by atoms with E-state index in [9.17, 15) is 4.79 Å². The Bertz CT molecular complexity index is 932. The number of hydrogen-bond acceptors (Lipinski definition) is 2. The van der Waals surface area contributed by atoms with Crippen LogP contribution in [0.2, 0.25) is 0 Å². The number of halogens is 1. The van der Waals surface area contributed by atoms with Gasteiger partial charge < -0.3 is 9.47 Å². The lowest BCUT2D eigenvalue weighted by Gasteiger charge is -2.22. The Balaban J connectivity index is 1.93. The van der Waals surface area contributed by atoms with Crippen LogP contribution in [0.3, 0.4) is 0 Å². The number of benzene rings is 2. The molecular formula is C21H24IN3O. The fraction of sp³-hybridized carbons (Fsp3) is 0.333. The lowest BCUT2D eigenvalue weighted by Crippen LogP contribution is -2.32. The molecule has 3 aromatic rings. The predicted molar refractivity (Wildman–Crippen MR) is 114 cm³/mol. The summed E-state index contributed by atoms with van der Waals surface area (Å²) in [7, 11) is 0. The van der Waals surface area contributed by atoms with Gasteiger partial charge in [-0.05, 0) is 72.7 Å². The average molecular weight is 461 g/mol. The van der Waals surface area contributed by atoms with Crippen molar-refractivity contribution in [1.82, 2.24) is 14.5 Å². The van der Waals surface area contributed by atoms with Crippen molar-refractivity contribution in [2.75, 3.05) is 6.54 Å². The minimum atomic E-state index is 0.0690. The highest BCUT2D eigenvalue weighted by atomic mass is 127. The lowest BCUT2D eigenvalue weighted by molar-refractivity contribution is 0.0737. The molecule has 3 rings (SSSR count). The molecule has 0 saturated carbocycles. The van der Waals surface area contributed by atoms with Gasteiger partial charge in [0.15, 0.2) is 0 Å². The van der Waals surface area contributed by atoms with Crippen molar-refractivity contribution in [2.45, 2.75) is 40.3 Å². The number of hydrogen-bond donors (Lipinski definition) is 0. The van der Waals surface area contributed by atoms with Crippen molar-refractivity contribution in [2.24, 2.45) is 0 Å². The van der Waals surface area contributed by atoms with Gasteiger partial charge in [-0.3, -0.25) is 4.79 Å². The minimum Gasteiger partial charge on any atom is -0.331 e. The maximum Gasteiger partial charge on any atom is 0.254 e. The van der Waals surface area contributed by atoms with Crippen LogP contribution in [0, 0.1) is 10.5 Å². The van der Waals surface area contributed by atoms with Crippen LogP contribution in [0.4, 0.5) is 0 Å². The van der Waals surface area contributed by atoms with Crippen molar-refractivity contribution in [3.63, 3.8) is 0 Å². The van der Waals surface area contributed by atoms with E-state index in [1.807, 2.05) is 41.3 Å². The zero-order valence-electron chi connectivity index (χ0n) is 15.5. The number of carbonyl (C=O) groups excluding carboxylic acids is 1. The Morgan fingerprint density at radius 3 is 2.65 bits per heavy atom. The van der Waals surface area contributed by atoms with E-state index >= 15 is 0 Å². The van der Waals surface area contributed by atoms with Gasteiger partial charge in [-0.1, -0.05) is 25.1 Å². The van der Waals surface area contributed by atoms with E-state index in [4.69, 9.17) is 4.98 Å². The highest BCUT2D eigenvalue weighted by molar-refractivity contribution is 14.1. The molecule has 0 bridgehead atoms. The number of fused-ring (bicyclic) bond motifs is 1. The van der Waals surface area contributed by atoms with Crippen LogP contribution in [0.5, 0.6) is 0 Å². The molecule has 0 saturated heterocycles. The zero-order valence-corrected chi connectivity index (χ0v) is 17.7. The zero-order chi connectivity index (χ0) is 18.7. The molecule has 4 nitrogen and oxygen atoms in total. The number of aryl methyl sites for hydroxylation is 2. The maximum atomic E-state index is 13.1. The third-order valence-corrected chi connectivity index (χ3v) is 5.74. The molecule has 0 atom stereocenters. The first-order valence-corrected chi connectivity index (χ1v) is 10.1. The number of nitrogens with zero attached hydrogens (tertiary/aromatic N) is 3. The molecule has 0 unspecified atom stereocenters. The first-order chi connectivity index (χ1) is 12.5. The molecule has 136 valence electrons. The van der Waals surface area contributed by atoms with Gasteiger partial charge in [0.1, 0.15) is 5.82 Å². The van der Waals surface area contributed by atoms with E-state index in [1.165, 1.54) is 5.56 Å². The van der Waals surface area contributed by atoms with Gasteiger partial charge in [0, 0.05) is 22.2 Å². The summed E-state index contributed by atoms with van der Waals surface area (Å²) < 4.78 is 3.31. The predicted octanol–water partition coefficient (Wildman–Crippen LogP) is 5.02. The molecule has 0 N–H and O–H groups in total. The van der Waals surface area contributed by atoms with Crippen LogP contribution in [0.1, 0.15) is 42.0 Å². The van der Waals surface area contributed by atoms with E-state index < -0.39 is 0 Å². The molecule has 26 heavy (non-hydrogen) atoms. The molecule has 0 spiro atoms. The van der Waals surface area contributed by atoms with Crippen LogP contribution in [-0.4, -0.2) is 26.9 Å². The standard InChI is InChI=1S/C21H24IN3O/c1-4-12-24(21(26)16-11-10-15(3)17(22)13-16)14-20-23-18-8-6-7-9-19(18)25(20)5-2/h6-11,13H,4-5,12,14H2,1-3H3. The molecule has 0 aliphatic heterocycles. The summed E-state index contributed by atoms with van der Waals surface area (Å²) in [5.41, 5.74) is 4.04. The van der Waals surface area contributed by atoms with Crippen molar-refractivity contribution >= 4 is 39.5 Å². The number of imidazole rings is 1. The Hall–Kier alpha value is -1.89. The molecule has 1 amide bonds. The fourth-order valence-corrected chi connectivity index (χ4v) is 3.72. The molecule has 0 aliphatic carbocycles.